The molecule has 10 heteroatoms. The topological polar surface area (TPSA) is 117 Å². The highest BCUT2D eigenvalue weighted by molar-refractivity contribution is 5.94. The van der Waals surface area contributed by atoms with Gasteiger partial charge in [0.1, 0.15) is 18.2 Å². The average Bonchev–Trinajstić information content (AvgIpc) is 3.05. The fraction of sp³-hybridized carbons (Fsp3) is 0.250. The number of hydrogen-bond donors (Lipinski definition) is 1. The SMILES string of the molecule is Cc1cc(NC(=O)COC(=O)c2ccc(=O)n(CCOc3ccccc3)n2)n(C)n1. The molecule has 1 aromatic carbocycles. The normalized spacial score (nSPS) is 10.5. The molecule has 0 saturated carbocycles. The first-order valence-corrected chi connectivity index (χ1v) is 9.16. The Morgan fingerprint density at radius 1 is 1.10 bits per heavy atom. The molecule has 0 radical (unpaired) electrons. The van der Waals surface area contributed by atoms with E-state index in [0.717, 1.165) is 10.4 Å². The lowest BCUT2D eigenvalue weighted by Crippen LogP contribution is -2.28. The van der Waals surface area contributed by atoms with E-state index >= 15 is 0 Å². The number of esters is 1. The van der Waals surface area contributed by atoms with Gasteiger partial charge in [0.2, 0.25) is 0 Å². The molecule has 156 valence electrons. The van der Waals surface area contributed by atoms with Crippen molar-refractivity contribution in [3.8, 4) is 5.75 Å². The number of rotatable bonds is 8. The molecule has 0 aliphatic heterocycles. The van der Waals surface area contributed by atoms with Crippen molar-refractivity contribution in [1.82, 2.24) is 19.6 Å². The van der Waals surface area contributed by atoms with Crippen LogP contribution in [0.2, 0.25) is 0 Å². The lowest BCUT2D eigenvalue weighted by Gasteiger charge is -2.09. The third-order valence-electron chi connectivity index (χ3n) is 3.99. The predicted molar refractivity (Wildman–Crippen MR) is 107 cm³/mol. The Hall–Kier alpha value is -3.95. The summed E-state index contributed by atoms with van der Waals surface area (Å²) in [6.07, 6.45) is 0. The first-order chi connectivity index (χ1) is 14.4. The van der Waals surface area contributed by atoms with Gasteiger partial charge < -0.3 is 14.8 Å². The number of anilines is 1. The Kier molecular flexibility index (Phi) is 6.58. The van der Waals surface area contributed by atoms with Crippen LogP contribution in [0.1, 0.15) is 16.2 Å². The molecular weight excluding hydrogens is 390 g/mol. The number of benzene rings is 1. The smallest absolute Gasteiger partial charge is 0.359 e. The molecule has 30 heavy (non-hydrogen) atoms. The summed E-state index contributed by atoms with van der Waals surface area (Å²) in [5, 5.41) is 10.7. The van der Waals surface area contributed by atoms with Crippen LogP contribution in [0.15, 0.2) is 53.3 Å². The van der Waals surface area contributed by atoms with Gasteiger partial charge in [0, 0.05) is 19.2 Å². The van der Waals surface area contributed by atoms with E-state index in [4.69, 9.17) is 9.47 Å². The van der Waals surface area contributed by atoms with Crippen LogP contribution < -0.4 is 15.6 Å². The highest BCUT2D eigenvalue weighted by Gasteiger charge is 2.14. The fourth-order valence-corrected chi connectivity index (χ4v) is 2.60. The van der Waals surface area contributed by atoms with Crippen molar-refractivity contribution in [3.05, 3.63) is 70.3 Å². The number of aromatic nitrogens is 4. The standard InChI is InChI=1S/C20H21N5O5/c1-14-12-17(24(2)22-14)21-18(26)13-30-20(28)16-8-9-19(27)25(23-16)10-11-29-15-6-4-3-5-7-15/h3-9,12H,10-11,13H2,1-2H3,(H,21,26). The first-order valence-electron chi connectivity index (χ1n) is 9.16. The van der Waals surface area contributed by atoms with Gasteiger partial charge in [0.25, 0.3) is 11.5 Å². The molecule has 2 heterocycles. The summed E-state index contributed by atoms with van der Waals surface area (Å²) in [7, 11) is 1.68. The van der Waals surface area contributed by atoms with E-state index in [2.05, 4.69) is 15.5 Å². The third-order valence-corrected chi connectivity index (χ3v) is 3.99. The van der Waals surface area contributed by atoms with Gasteiger partial charge >= 0.3 is 5.97 Å². The Morgan fingerprint density at radius 3 is 2.57 bits per heavy atom. The van der Waals surface area contributed by atoms with E-state index < -0.39 is 18.5 Å². The van der Waals surface area contributed by atoms with Gasteiger partial charge in [0.05, 0.1) is 12.2 Å². The number of nitrogens with zero attached hydrogens (tertiary/aromatic N) is 4. The molecule has 1 amide bonds. The second-order valence-corrected chi connectivity index (χ2v) is 6.36. The van der Waals surface area contributed by atoms with Crippen molar-refractivity contribution < 1.29 is 19.1 Å². The molecule has 0 unspecified atom stereocenters. The molecule has 0 fully saturated rings. The minimum atomic E-state index is -0.816. The summed E-state index contributed by atoms with van der Waals surface area (Å²) >= 11 is 0. The van der Waals surface area contributed by atoms with Gasteiger partial charge in [-0.2, -0.15) is 10.2 Å². The van der Waals surface area contributed by atoms with E-state index in [1.54, 1.807) is 32.2 Å². The Morgan fingerprint density at radius 2 is 1.87 bits per heavy atom. The molecule has 0 atom stereocenters. The Balaban J connectivity index is 1.54. The molecule has 3 aromatic rings. The lowest BCUT2D eigenvalue weighted by atomic mass is 10.3. The molecule has 3 rings (SSSR count). The molecule has 10 nitrogen and oxygen atoms in total. The maximum absolute atomic E-state index is 12.2. The van der Waals surface area contributed by atoms with Gasteiger partial charge in [-0.15, -0.1) is 0 Å². The maximum atomic E-state index is 12.2. The number of nitrogens with one attached hydrogen (secondary N) is 1. The monoisotopic (exact) mass is 411 g/mol. The number of ether oxygens (including phenoxy) is 2. The Bertz CT molecular complexity index is 1090. The molecular formula is C20H21N5O5. The van der Waals surface area contributed by atoms with Gasteiger partial charge in [-0.1, -0.05) is 18.2 Å². The lowest BCUT2D eigenvalue weighted by molar-refractivity contribution is -0.119. The second-order valence-electron chi connectivity index (χ2n) is 6.36. The third kappa shape index (κ3) is 5.53. The number of para-hydroxylation sites is 1. The Labute approximate surface area is 172 Å². The van der Waals surface area contributed by atoms with Crippen LogP contribution in [0, 0.1) is 6.92 Å². The van der Waals surface area contributed by atoms with E-state index in [-0.39, 0.29) is 24.4 Å². The van der Waals surface area contributed by atoms with Crippen molar-refractivity contribution in [3.63, 3.8) is 0 Å². The highest BCUT2D eigenvalue weighted by Crippen LogP contribution is 2.08. The van der Waals surface area contributed by atoms with Crippen molar-refractivity contribution in [2.45, 2.75) is 13.5 Å². The summed E-state index contributed by atoms with van der Waals surface area (Å²) in [5.74, 6) is -0.186. The summed E-state index contributed by atoms with van der Waals surface area (Å²) in [4.78, 5) is 36.1. The molecule has 0 saturated heterocycles. The predicted octanol–water partition coefficient (Wildman–Crippen LogP) is 1.16. The van der Waals surface area contributed by atoms with Gasteiger partial charge in [-0.25, -0.2) is 9.48 Å². The van der Waals surface area contributed by atoms with Gasteiger partial charge in [-0.3, -0.25) is 14.3 Å². The van der Waals surface area contributed by atoms with Gasteiger partial charge in [0.15, 0.2) is 12.3 Å². The average molecular weight is 411 g/mol. The van der Waals surface area contributed by atoms with E-state index in [1.807, 2.05) is 18.2 Å². The summed E-state index contributed by atoms with van der Waals surface area (Å²) in [5.41, 5.74) is 0.276. The first kappa shape index (κ1) is 20.8. The number of hydrogen-bond acceptors (Lipinski definition) is 7. The molecule has 0 spiro atoms. The van der Waals surface area contributed by atoms with E-state index in [9.17, 15) is 14.4 Å². The minimum absolute atomic E-state index is 0.0847. The van der Waals surface area contributed by atoms with Crippen LogP contribution in [-0.2, 0) is 23.1 Å². The van der Waals surface area contributed by atoms with Crippen LogP contribution in [0.4, 0.5) is 5.82 Å². The van der Waals surface area contributed by atoms with Gasteiger partial charge in [-0.05, 0) is 25.1 Å². The zero-order valence-corrected chi connectivity index (χ0v) is 16.6. The zero-order valence-electron chi connectivity index (χ0n) is 16.6. The van der Waals surface area contributed by atoms with Crippen LogP contribution in [0.5, 0.6) is 5.75 Å². The van der Waals surface area contributed by atoms with Crippen molar-refractivity contribution in [1.29, 1.82) is 0 Å². The number of aryl methyl sites for hydroxylation is 2. The van der Waals surface area contributed by atoms with E-state index in [1.165, 1.54) is 16.8 Å². The molecule has 0 aliphatic carbocycles. The van der Waals surface area contributed by atoms with Crippen LogP contribution in [0.3, 0.4) is 0 Å². The summed E-state index contributed by atoms with van der Waals surface area (Å²) < 4.78 is 13.1. The zero-order chi connectivity index (χ0) is 21.5. The number of amides is 1. The van der Waals surface area contributed by atoms with Crippen molar-refractivity contribution in [2.24, 2.45) is 7.05 Å². The fourth-order valence-electron chi connectivity index (χ4n) is 2.60. The van der Waals surface area contributed by atoms with Crippen LogP contribution in [-0.4, -0.2) is 44.7 Å². The van der Waals surface area contributed by atoms with Crippen molar-refractivity contribution >= 4 is 17.7 Å². The van der Waals surface area contributed by atoms with Crippen LogP contribution >= 0.6 is 0 Å². The second kappa shape index (κ2) is 9.50. The molecule has 0 aliphatic rings. The highest BCUT2D eigenvalue weighted by atomic mass is 16.5. The van der Waals surface area contributed by atoms with Crippen molar-refractivity contribution in [2.75, 3.05) is 18.5 Å². The maximum Gasteiger partial charge on any atom is 0.359 e. The summed E-state index contributed by atoms with van der Waals surface area (Å²) in [6, 6.07) is 13.3. The molecule has 0 bridgehead atoms. The summed E-state index contributed by atoms with van der Waals surface area (Å²) in [6.45, 7) is 1.64. The van der Waals surface area contributed by atoms with E-state index in [0.29, 0.717) is 11.6 Å². The number of carbonyl (C=O) groups excluding carboxylic acids is 2. The van der Waals surface area contributed by atoms with Crippen LogP contribution in [0.25, 0.3) is 0 Å². The number of carbonyl (C=O) groups is 2. The molecule has 1 N–H and O–H groups in total. The largest absolute Gasteiger partial charge is 0.492 e. The quantitative estimate of drug-likeness (QED) is 0.553. The molecule has 2 aromatic heterocycles. The minimum Gasteiger partial charge on any atom is -0.492 e.